The molecular formula is C17H14N4. The van der Waals surface area contributed by atoms with Crippen molar-refractivity contribution in [2.45, 2.75) is 13.3 Å². The predicted octanol–water partition coefficient (Wildman–Crippen LogP) is 3.74. The number of hydrogen-bond donors (Lipinski definition) is 1. The smallest absolute Gasteiger partial charge is 0.155 e. The Labute approximate surface area is 121 Å². The van der Waals surface area contributed by atoms with Crippen molar-refractivity contribution in [1.29, 1.82) is 0 Å². The van der Waals surface area contributed by atoms with Crippen molar-refractivity contribution >= 4 is 21.9 Å². The van der Waals surface area contributed by atoms with E-state index < -0.39 is 0 Å². The standard InChI is InChI=1S/C17H14N4/c1-2-14-16-13(7-8-18-17(16)21-20-14)12-9-11-5-3-4-6-15(11)19-10-12/h3-10H,2H2,1H3,(H,18,20,21). The monoisotopic (exact) mass is 274 g/mol. The first-order valence-corrected chi connectivity index (χ1v) is 7.04. The Balaban J connectivity index is 2.01. The van der Waals surface area contributed by atoms with E-state index in [1.54, 1.807) is 0 Å². The van der Waals surface area contributed by atoms with Gasteiger partial charge in [-0.2, -0.15) is 5.10 Å². The molecule has 3 heterocycles. The Morgan fingerprint density at radius 1 is 1.10 bits per heavy atom. The molecule has 0 saturated carbocycles. The lowest BCUT2D eigenvalue weighted by atomic mass is 10.0. The highest BCUT2D eigenvalue weighted by Gasteiger charge is 2.12. The van der Waals surface area contributed by atoms with Gasteiger partial charge in [0.05, 0.1) is 11.2 Å². The van der Waals surface area contributed by atoms with Crippen LogP contribution in [0.3, 0.4) is 0 Å². The summed E-state index contributed by atoms with van der Waals surface area (Å²) in [5, 5.41) is 9.59. The third-order valence-corrected chi connectivity index (χ3v) is 3.77. The number of hydrogen-bond acceptors (Lipinski definition) is 3. The summed E-state index contributed by atoms with van der Waals surface area (Å²) in [6.45, 7) is 2.10. The van der Waals surface area contributed by atoms with E-state index in [2.05, 4.69) is 39.2 Å². The summed E-state index contributed by atoms with van der Waals surface area (Å²) in [6, 6.07) is 12.3. The zero-order valence-corrected chi connectivity index (χ0v) is 11.7. The van der Waals surface area contributed by atoms with E-state index in [4.69, 9.17) is 0 Å². The minimum absolute atomic E-state index is 0.831. The maximum Gasteiger partial charge on any atom is 0.155 e. The maximum atomic E-state index is 4.55. The van der Waals surface area contributed by atoms with Crippen molar-refractivity contribution in [2.24, 2.45) is 0 Å². The molecule has 21 heavy (non-hydrogen) atoms. The predicted molar refractivity (Wildman–Crippen MR) is 84.0 cm³/mol. The van der Waals surface area contributed by atoms with Gasteiger partial charge in [0, 0.05) is 28.7 Å². The Kier molecular flexibility index (Phi) is 2.67. The Morgan fingerprint density at radius 2 is 2.00 bits per heavy atom. The quantitative estimate of drug-likeness (QED) is 0.606. The van der Waals surface area contributed by atoms with Gasteiger partial charge in [0.25, 0.3) is 0 Å². The van der Waals surface area contributed by atoms with E-state index in [1.165, 1.54) is 0 Å². The zero-order valence-electron chi connectivity index (χ0n) is 11.7. The second-order valence-electron chi connectivity index (χ2n) is 5.02. The summed E-state index contributed by atoms with van der Waals surface area (Å²) >= 11 is 0. The van der Waals surface area contributed by atoms with Crippen LogP contribution in [0.4, 0.5) is 0 Å². The molecule has 0 saturated heterocycles. The van der Waals surface area contributed by atoms with Gasteiger partial charge >= 0.3 is 0 Å². The van der Waals surface area contributed by atoms with Gasteiger partial charge in [-0.05, 0) is 30.2 Å². The number of aromatic nitrogens is 4. The first-order valence-electron chi connectivity index (χ1n) is 7.04. The number of nitrogens with zero attached hydrogens (tertiary/aromatic N) is 3. The normalized spacial score (nSPS) is 11.3. The first-order chi connectivity index (χ1) is 10.4. The van der Waals surface area contributed by atoms with Crippen molar-refractivity contribution in [3.63, 3.8) is 0 Å². The van der Waals surface area contributed by atoms with E-state index in [0.29, 0.717) is 0 Å². The molecule has 0 atom stereocenters. The van der Waals surface area contributed by atoms with Crippen LogP contribution >= 0.6 is 0 Å². The van der Waals surface area contributed by atoms with Gasteiger partial charge in [-0.3, -0.25) is 10.1 Å². The second-order valence-corrected chi connectivity index (χ2v) is 5.02. The summed E-state index contributed by atoms with van der Waals surface area (Å²) in [7, 11) is 0. The molecule has 4 heteroatoms. The van der Waals surface area contributed by atoms with Crippen LogP contribution in [0.15, 0.2) is 48.8 Å². The van der Waals surface area contributed by atoms with Crippen LogP contribution in [0.5, 0.6) is 0 Å². The number of fused-ring (bicyclic) bond motifs is 2. The fourth-order valence-corrected chi connectivity index (χ4v) is 2.73. The average molecular weight is 274 g/mol. The van der Waals surface area contributed by atoms with Gasteiger partial charge in [-0.25, -0.2) is 4.98 Å². The molecule has 1 aromatic carbocycles. The Hall–Kier alpha value is -2.75. The summed E-state index contributed by atoms with van der Waals surface area (Å²) < 4.78 is 0. The van der Waals surface area contributed by atoms with Gasteiger partial charge < -0.3 is 0 Å². The summed E-state index contributed by atoms with van der Waals surface area (Å²) in [5.41, 5.74) is 5.11. The minimum atomic E-state index is 0.831. The minimum Gasteiger partial charge on any atom is -0.261 e. The number of rotatable bonds is 2. The molecule has 0 radical (unpaired) electrons. The van der Waals surface area contributed by atoms with Crippen LogP contribution in [0.1, 0.15) is 12.6 Å². The van der Waals surface area contributed by atoms with E-state index in [0.717, 1.165) is 45.2 Å². The SMILES string of the molecule is CCc1n[nH]c2nccc(-c3cnc4ccccc4c3)c12. The number of benzene rings is 1. The number of H-pyrrole nitrogens is 1. The lowest BCUT2D eigenvalue weighted by Gasteiger charge is -2.05. The molecule has 0 amide bonds. The van der Waals surface area contributed by atoms with E-state index in [9.17, 15) is 0 Å². The van der Waals surface area contributed by atoms with E-state index in [1.807, 2.05) is 36.7 Å². The van der Waals surface area contributed by atoms with Crippen molar-refractivity contribution in [3.8, 4) is 11.1 Å². The molecule has 0 spiro atoms. The average Bonchev–Trinajstić information content (AvgIpc) is 2.97. The van der Waals surface area contributed by atoms with Crippen LogP contribution in [0, 0.1) is 0 Å². The third kappa shape index (κ3) is 1.88. The molecule has 0 unspecified atom stereocenters. The van der Waals surface area contributed by atoms with Gasteiger partial charge in [0.1, 0.15) is 0 Å². The highest BCUT2D eigenvalue weighted by atomic mass is 15.1. The van der Waals surface area contributed by atoms with Crippen LogP contribution in [-0.2, 0) is 6.42 Å². The molecule has 0 aliphatic heterocycles. The summed E-state index contributed by atoms with van der Waals surface area (Å²) in [6.07, 6.45) is 4.60. The maximum absolute atomic E-state index is 4.55. The molecule has 3 aromatic heterocycles. The lowest BCUT2D eigenvalue weighted by molar-refractivity contribution is 0.983. The Morgan fingerprint density at radius 3 is 2.90 bits per heavy atom. The zero-order chi connectivity index (χ0) is 14.2. The molecule has 0 aliphatic carbocycles. The topological polar surface area (TPSA) is 54.5 Å². The van der Waals surface area contributed by atoms with Crippen LogP contribution in [0.2, 0.25) is 0 Å². The summed E-state index contributed by atoms with van der Waals surface area (Å²) in [4.78, 5) is 8.91. The number of pyridine rings is 2. The summed E-state index contributed by atoms with van der Waals surface area (Å²) in [5.74, 6) is 0. The number of aryl methyl sites for hydroxylation is 1. The van der Waals surface area contributed by atoms with E-state index in [-0.39, 0.29) is 0 Å². The number of aromatic amines is 1. The lowest BCUT2D eigenvalue weighted by Crippen LogP contribution is -1.87. The van der Waals surface area contributed by atoms with Gasteiger partial charge in [-0.1, -0.05) is 25.1 Å². The molecule has 0 fully saturated rings. The fraction of sp³-hybridized carbons (Fsp3) is 0.118. The molecule has 102 valence electrons. The Bertz CT molecular complexity index is 940. The molecule has 4 nitrogen and oxygen atoms in total. The van der Waals surface area contributed by atoms with Gasteiger partial charge in [0.2, 0.25) is 0 Å². The second kappa shape index (κ2) is 4.66. The highest BCUT2D eigenvalue weighted by molar-refractivity contribution is 5.96. The van der Waals surface area contributed by atoms with Crippen molar-refractivity contribution in [1.82, 2.24) is 20.2 Å². The molecule has 1 N–H and O–H groups in total. The van der Waals surface area contributed by atoms with Gasteiger partial charge in [-0.15, -0.1) is 0 Å². The number of para-hydroxylation sites is 1. The highest BCUT2D eigenvalue weighted by Crippen LogP contribution is 2.30. The third-order valence-electron chi connectivity index (χ3n) is 3.77. The van der Waals surface area contributed by atoms with Gasteiger partial charge in [0.15, 0.2) is 5.65 Å². The molecule has 0 bridgehead atoms. The van der Waals surface area contributed by atoms with Crippen molar-refractivity contribution < 1.29 is 0 Å². The fourth-order valence-electron chi connectivity index (χ4n) is 2.73. The molecular weight excluding hydrogens is 260 g/mol. The molecule has 4 aromatic rings. The first kappa shape index (κ1) is 12.0. The van der Waals surface area contributed by atoms with Crippen molar-refractivity contribution in [2.75, 3.05) is 0 Å². The van der Waals surface area contributed by atoms with Crippen LogP contribution < -0.4 is 0 Å². The van der Waals surface area contributed by atoms with Crippen LogP contribution in [0.25, 0.3) is 33.1 Å². The van der Waals surface area contributed by atoms with E-state index >= 15 is 0 Å². The number of nitrogens with one attached hydrogen (secondary N) is 1. The van der Waals surface area contributed by atoms with Crippen molar-refractivity contribution in [3.05, 3.63) is 54.5 Å². The van der Waals surface area contributed by atoms with Crippen LogP contribution in [-0.4, -0.2) is 20.2 Å². The molecule has 4 rings (SSSR count). The molecule has 0 aliphatic rings. The largest absolute Gasteiger partial charge is 0.261 e.